The van der Waals surface area contributed by atoms with Crippen LogP contribution in [-0.2, 0) is 0 Å². The molecule has 0 fully saturated rings. The highest BCUT2D eigenvalue weighted by atomic mass is 16.5. The number of rotatable bonds is 2. The molecule has 0 saturated carbocycles. The average Bonchev–Trinajstić information content (AvgIpc) is 2.35. The van der Waals surface area contributed by atoms with Gasteiger partial charge in [0, 0.05) is 11.0 Å². The van der Waals surface area contributed by atoms with E-state index in [0.717, 1.165) is 0 Å². The minimum absolute atomic E-state index is 0.0214. The van der Waals surface area contributed by atoms with Gasteiger partial charge in [0.1, 0.15) is 11.7 Å². The highest BCUT2D eigenvalue weighted by molar-refractivity contribution is 5.93. The predicted octanol–water partition coefficient (Wildman–Crippen LogP) is 0.278. The lowest BCUT2D eigenvalue weighted by molar-refractivity contribution is -0.468. The van der Waals surface area contributed by atoms with Crippen LogP contribution in [0.15, 0.2) is 24.3 Å². The normalized spacial score (nSPS) is 12.4. The number of hydrogen-bond donors (Lipinski definition) is 2. The standard InChI is InChI=1S/C12H13N3O4/c1-7-11(12(17)13-8(2)16)15(19)10-6-4-3-5-9(10)14(7)18/h3-6,8,16H,1-2H3,(H,13,17). The molecule has 0 radical (unpaired) electrons. The molecule has 7 heteroatoms. The molecule has 0 saturated heterocycles. The molecule has 19 heavy (non-hydrogen) atoms. The van der Waals surface area contributed by atoms with Crippen LogP contribution in [0, 0.1) is 17.0 Å². The Morgan fingerprint density at radius 2 is 2.11 bits per heavy atom. The number of para-hydroxylation sites is 2. The third-order valence-electron chi connectivity index (χ3n) is 2.72. The van der Waals surface area contributed by atoms with E-state index in [9.17, 15) is 14.9 Å². The van der Waals surface area contributed by atoms with E-state index in [-0.39, 0.29) is 22.4 Å². The molecule has 1 aromatic heterocycles. The molecule has 2 aromatic rings. The van der Waals surface area contributed by atoms with Crippen molar-refractivity contribution in [2.45, 2.75) is 20.1 Å². The van der Waals surface area contributed by atoms with Gasteiger partial charge in [0.2, 0.25) is 0 Å². The van der Waals surface area contributed by atoms with Gasteiger partial charge in [-0.3, -0.25) is 4.79 Å². The quantitative estimate of drug-likeness (QED) is 0.600. The highest BCUT2D eigenvalue weighted by Gasteiger charge is 2.27. The van der Waals surface area contributed by atoms with Crippen LogP contribution in [0.5, 0.6) is 0 Å². The van der Waals surface area contributed by atoms with Crippen molar-refractivity contribution < 1.29 is 14.3 Å². The van der Waals surface area contributed by atoms with E-state index in [1.165, 1.54) is 26.0 Å². The molecule has 1 heterocycles. The molecule has 0 spiro atoms. The van der Waals surface area contributed by atoms with Gasteiger partial charge < -0.3 is 20.4 Å². The van der Waals surface area contributed by atoms with Crippen LogP contribution in [0.3, 0.4) is 0 Å². The summed E-state index contributed by atoms with van der Waals surface area (Å²) in [5, 5.41) is 23.3. The fraction of sp³-hybridized carbons (Fsp3) is 0.250. The molecule has 1 amide bonds. The third-order valence-corrected chi connectivity index (χ3v) is 2.72. The van der Waals surface area contributed by atoms with E-state index in [1.54, 1.807) is 12.1 Å². The number of fused-ring (bicyclic) bond motifs is 1. The van der Waals surface area contributed by atoms with Gasteiger partial charge in [-0.05, 0) is 19.9 Å². The minimum atomic E-state index is -1.11. The monoisotopic (exact) mass is 263 g/mol. The molecule has 2 N–H and O–H groups in total. The van der Waals surface area contributed by atoms with Crippen LogP contribution < -0.4 is 9.74 Å². The maximum absolute atomic E-state index is 12.1. The number of carbonyl (C=O) groups is 1. The van der Waals surface area contributed by atoms with Crippen LogP contribution in [0.2, 0.25) is 0 Å². The van der Waals surface area contributed by atoms with E-state index in [0.29, 0.717) is 9.16 Å². The molecule has 1 unspecified atom stereocenters. The molecular weight excluding hydrogens is 250 g/mol. The van der Waals surface area contributed by atoms with E-state index in [4.69, 9.17) is 5.11 Å². The SMILES string of the molecule is Cc1c(C(=O)NC(C)O)[n+](=O)c2ccccc2n1[O-]. The molecular formula is C12H13N3O4. The van der Waals surface area contributed by atoms with Gasteiger partial charge in [0.25, 0.3) is 5.52 Å². The Balaban J connectivity index is 2.75. The molecule has 2 rings (SSSR count). The summed E-state index contributed by atoms with van der Waals surface area (Å²) >= 11 is 0. The van der Waals surface area contributed by atoms with Gasteiger partial charge in [-0.15, -0.1) is 0 Å². The van der Waals surface area contributed by atoms with Crippen molar-refractivity contribution in [1.29, 1.82) is 0 Å². The van der Waals surface area contributed by atoms with Gasteiger partial charge in [-0.2, -0.15) is 0 Å². The summed E-state index contributed by atoms with van der Waals surface area (Å²) in [4.78, 5) is 24.0. The number of nitrogens with one attached hydrogen (secondary N) is 1. The van der Waals surface area contributed by atoms with Crippen LogP contribution >= 0.6 is 0 Å². The number of carbonyl (C=O) groups excluding carboxylic acids is 1. The molecule has 0 aliphatic heterocycles. The lowest BCUT2D eigenvalue weighted by Gasteiger charge is -2.16. The number of aromatic nitrogens is 2. The van der Waals surface area contributed by atoms with Crippen molar-refractivity contribution >= 4 is 16.9 Å². The smallest absolute Gasteiger partial charge is 0.346 e. The first kappa shape index (κ1) is 13.0. The third kappa shape index (κ3) is 2.15. The second-order valence-electron chi connectivity index (χ2n) is 4.16. The van der Waals surface area contributed by atoms with Crippen LogP contribution in [-0.4, -0.2) is 22.0 Å². The van der Waals surface area contributed by atoms with E-state index in [2.05, 4.69) is 5.32 Å². The molecule has 1 aromatic carbocycles. The first-order valence-electron chi connectivity index (χ1n) is 5.67. The van der Waals surface area contributed by atoms with Crippen LogP contribution in [0.25, 0.3) is 11.0 Å². The number of hydrogen-bond acceptors (Lipinski definition) is 4. The average molecular weight is 263 g/mol. The fourth-order valence-corrected chi connectivity index (χ4v) is 1.87. The summed E-state index contributed by atoms with van der Waals surface area (Å²) in [5.74, 6) is -0.794. The Kier molecular flexibility index (Phi) is 3.22. The van der Waals surface area contributed by atoms with Crippen molar-refractivity contribution in [3.63, 3.8) is 0 Å². The number of amides is 1. The van der Waals surface area contributed by atoms with Gasteiger partial charge in [-0.1, -0.05) is 12.1 Å². The molecule has 0 aliphatic rings. The molecule has 100 valence electrons. The summed E-state index contributed by atoms with van der Waals surface area (Å²) in [5.41, 5.74) is -0.0658. The maximum atomic E-state index is 12.1. The van der Waals surface area contributed by atoms with Gasteiger partial charge in [0.05, 0.1) is 10.1 Å². The number of nitrogens with zero attached hydrogens (tertiary/aromatic N) is 2. The Bertz CT molecular complexity index is 706. The maximum Gasteiger partial charge on any atom is 0.346 e. The summed E-state index contributed by atoms with van der Waals surface area (Å²) in [6, 6.07) is 6.18. The second kappa shape index (κ2) is 4.69. The molecule has 0 aliphatic carbocycles. The highest BCUT2D eigenvalue weighted by Crippen LogP contribution is 2.13. The second-order valence-corrected chi connectivity index (χ2v) is 4.16. The summed E-state index contributed by atoms with van der Waals surface area (Å²) in [6.45, 7) is 2.72. The van der Waals surface area contributed by atoms with Crippen molar-refractivity contribution in [3.8, 4) is 0 Å². The Labute approximate surface area is 108 Å². The van der Waals surface area contributed by atoms with Crippen LogP contribution in [0.1, 0.15) is 23.1 Å². The van der Waals surface area contributed by atoms with Crippen molar-refractivity contribution in [2.24, 2.45) is 0 Å². The fourth-order valence-electron chi connectivity index (χ4n) is 1.87. The van der Waals surface area contributed by atoms with Gasteiger partial charge in [-0.25, -0.2) is 0 Å². The number of aliphatic hydroxyl groups excluding tert-OH is 1. The largest absolute Gasteiger partial charge is 0.805 e. The van der Waals surface area contributed by atoms with E-state index >= 15 is 0 Å². The van der Waals surface area contributed by atoms with Crippen molar-refractivity contribution in [2.75, 3.05) is 0 Å². The van der Waals surface area contributed by atoms with Gasteiger partial charge in [0.15, 0.2) is 0 Å². The topological polar surface area (TPSA) is 100 Å². The zero-order valence-corrected chi connectivity index (χ0v) is 10.5. The van der Waals surface area contributed by atoms with Crippen molar-refractivity contribution in [3.05, 3.63) is 45.8 Å². The van der Waals surface area contributed by atoms with Gasteiger partial charge >= 0.3 is 11.6 Å². The lowest BCUT2D eigenvalue weighted by atomic mass is 10.2. The Hall–Kier alpha value is -2.41. The Morgan fingerprint density at radius 3 is 2.74 bits per heavy atom. The van der Waals surface area contributed by atoms with E-state index < -0.39 is 12.1 Å². The Morgan fingerprint density at radius 1 is 1.47 bits per heavy atom. The predicted molar refractivity (Wildman–Crippen MR) is 68.0 cm³/mol. The molecule has 0 bridgehead atoms. The summed E-state index contributed by atoms with van der Waals surface area (Å²) < 4.78 is 0.928. The molecule has 7 nitrogen and oxygen atoms in total. The first-order chi connectivity index (χ1) is 8.93. The number of benzene rings is 1. The minimum Gasteiger partial charge on any atom is -0.805 e. The molecule has 1 atom stereocenters. The zero-order valence-electron chi connectivity index (χ0n) is 10.5. The van der Waals surface area contributed by atoms with Crippen LogP contribution in [0.4, 0.5) is 0 Å². The zero-order chi connectivity index (χ0) is 14.2. The summed E-state index contributed by atoms with van der Waals surface area (Å²) in [6.07, 6.45) is -1.11. The number of aliphatic hydroxyl groups is 1. The summed E-state index contributed by atoms with van der Waals surface area (Å²) in [7, 11) is 0. The van der Waals surface area contributed by atoms with Crippen molar-refractivity contribution in [1.82, 2.24) is 10.0 Å². The first-order valence-corrected chi connectivity index (χ1v) is 5.67. The van der Waals surface area contributed by atoms with E-state index in [1.807, 2.05) is 0 Å². The lowest BCUT2D eigenvalue weighted by Crippen LogP contribution is -2.40.